The summed E-state index contributed by atoms with van der Waals surface area (Å²) in [5.41, 5.74) is 0.343. The number of ether oxygens (including phenoxy) is 2. The highest BCUT2D eigenvalue weighted by Gasteiger charge is 2.56. The summed E-state index contributed by atoms with van der Waals surface area (Å²) in [5, 5.41) is 2.97. The molecule has 0 spiro atoms. The number of nitrogens with one attached hydrogen (secondary N) is 1. The van der Waals surface area contributed by atoms with E-state index < -0.39 is 11.2 Å². The van der Waals surface area contributed by atoms with Crippen LogP contribution in [0.1, 0.15) is 74.1 Å². The van der Waals surface area contributed by atoms with Crippen LogP contribution in [0.2, 0.25) is 0 Å². The molecule has 1 amide bonds. The number of allylic oxidation sites excluding steroid dienone is 2. The number of hydrogen-bond donors (Lipinski definition) is 1. The summed E-state index contributed by atoms with van der Waals surface area (Å²) >= 11 is 0. The first-order valence-electron chi connectivity index (χ1n) is 9.72. The number of carbonyl (C=O) groups excluding carboxylic acids is 2. The Morgan fingerprint density at radius 2 is 1.88 bits per heavy atom. The monoisotopic (exact) mass is 365 g/mol. The van der Waals surface area contributed by atoms with Crippen molar-refractivity contribution in [3.8, 4) is 0 Å². The Morgan fingerprint density at radius 1 is 1.23 bits per heavy atom. The van der Waals surface area contributed by atoms with Crippen molar-refractivity contribution in [2.24, 2.45) is 17.3 Å². The first-order chi connectivity index (χ1) is 11.9. The largest absolute Gasteiger partial charge is 0.460 e. The summed E-state index contributed by atoms with van der Waals surface area (Å²) in [5.74, 6) is 0.818. The van der Waals surface area contributed by atoms with Gasteiger partial charge in [-0.15, -0.1) is 0 Å². The van der Waals surface area contributed by atoms with Gasteiger partial charge in [-0.05, 0) is 77.6 Å². The predicted octanol–water partition coefficient (Wildman–Crippen LogP) is 4.61. The van der Waals surface area contributed by atoms with Gasteiger partial charge in [-0.1, -0.05) is 18.6 Å². The van der Waals surface area contributed by atoms with Crippen molar-refractivity contribution in [2.75, 3.05) is 6.54 Å². The summed E-state index contributed by atoms with van der Waals surface area (Å²) < 4.78 is 11.0. The van der Waals surface area contributed by atoms with Crippen LogP contribution < -0.4 is 5.32 Å². The fourth-order valence-corrected chi connectivity index (χ4v) is 4.84. The number of alkyl carbamates (subject to hydrolysis) is 1. The van der Waals surface area contributed by atoms with Gasteiger partial charge in [-0.25, -0.2) is 4.79 Å². The van der Waals surface area contributed by atoms with E-state index in [2.05, 4.69) is 18.3 Å². The van der Waals surface area contributed by atoms with Gasteiger partial charge in [0.1, 0.15) is 11.2 Å². The van der Waals surface area contributed by atoms with Gasteiger partial charge in [-0.3, -0.25) is 4.79 Å². The zero-order valence-corrected chi connectivity index (χ0v) is 17.4. The zero-order valence-electron chi connectivity index (χ0n) is 17.4. The van der Waals surface area contributed by atoms with Crippen LogP contribution in [0.15, 0.2) is 11.6 Å². The van der Waals surface area contributed by atoms with E-state index >= 15 is 0 Å². The third-order valence-corrected chi connectivity index (χ3v) is 5.46. The van der Waals surface area contributed by atoms with Gasteiger partial charge >= 0.3 is 12.1 Å². The maximum atomic E-state index is 12.2. The molecule has 0 aromatic rings. The van der Waals surface area contributed by atoms with Gasteiger partial charge in [0.15, 0.2) is 0 Å². The SMILES string of the molecule is CCC1=C[C@@H]2[C@H](C1)C[C@]2(CNC(=O)OC(C)(C)C)CC(C)(C)OC(C)=O. The summed E-state index contributed by atoms with van der Waals surface area (Å²) in [6, 6.07) is 0. The third kappa shape index (κ3) is 5.01. The average molecular weight is 366 g/mol. The number of rotatable bonds is 6. The Morgan fingerprint density at radius 3 is 2.42 bits per heavy atom. The minimum Gasteiger partial charge on any atom is -0.460 e. The third-order valence-electron chi connectivity index (χ3n) is 5.46. The highest BCUT2D eigenvalue weighted by atomic mass is 16.6. The van der Waals surface area contributed by atoms with Crippen LogP contribution in [0.3, 0.4) is 0 Å². The average Bonchev–Trinajstić information content (AvgIpc) is 2.78. The van der Waals surface area contributed by atoms with Gasteiger partial charge in [-0.2, -0.15) is 0 Å². The fourth-order valence-electron chi connectivity index (χ4n) is 4.84. The highest BCUT2D eigenvalue weighted by Crippen LogP contribution is 2.61. The predicted molar refractivity (Wildman–Crippen MR) is 102 cm³/mol. The maximum absolute atomic E-state index is 12.2. The molecule has 2 aliphatic carbocycles. The molecule has 1 fully saturated rings. The second-order valence-electron chi connectivity index (χ2n) is 9.62. The smallest absolute Gasteiger partial charge is 0.407 e. The lowest BCUT2D eigenvalue weighted by atomic mass is 9.52. The molecule has 1 N–H and O–H groups in total. The van der Waals surface area contributed by atoms with Crippen LogP contribution in [0.5, 0.6) is 0 Å². The normalized spacial score (nSPS) is 27.9. The quantitative estimate of drug-likeness (QED) is 0.552. The molecule has 5 nitrogen and oxygen atoms in total. The van der Waals surface area contributed by atoms with E-state index in [-0.39, 0.29) is 17.5 Å². The van der Waals surface area contributed by atoms with Gasteiger partial charge in [0.25, 0.3) is 0 Å². The molecule has 0 radical (unpaired) electrons. The lowest BCUT2D eigenvalue weighted by Gasteiger charge is -2.55. The summed E-state index contributed by atoms with van der Waals surface area (Å²) in [6.07, 6.45) is 6.01. The second-order valence-corrected chi connectivity index (χ2v) is 9.62. The van der Waals surface area contributed by atoms with E-state index in [0.29, 0.717) is 18.4 Å². The Labute approximate surface area is 157 Å². The van der Waals surface area contributed by atoms with Crippen LogP contribution in [0, 0.1) is 17.3 Å². The van der Waals surface area contributed by atoms with E-state index in [9.17, 15) is 9.59 Å². The van der Waals surface area contributed by atoms with Gasteiger partial charge < -0.3 is 14.8 Å². The minimum absolute atomic E-state index is 0.0859. The van der Waals surface area contributed by atoms with Crippen LogP contribution in [-0.2, 0) is 14.3 Å². The van der Waals surface area contributed by atoms with Crippen LogP contribution >= 0.6 is 0 Å². The summed E-state index contributed by atoms with van der Waals surface area (Å²) in [7, 11) is 0. The molecule has 0 aromatic heterocycles. The van der Waals surface area contributed by atoms with Crippen molar-refractivity contribution in [2.45, 2.75) is 85.4 Å². The highest BCUT2D eigenvalue weighted by molar-refractivity contribution is 5.68. The molecule has 0 aromatic carbocycles. The maximum Gasteiger partial charge on any atom is 0.407 e. The molecule has 26 heavy (non-hydrogen) atoms. The topological polar surface area (TPSA) is 64.6 Å². The standard InChI is InChI=1S/C21H35NO4/c1-8-15-9-16-11-21(17(16)10-15,12-20(6,7)25-14(2)23)13-22-18(24)26-19(3,4)5/h10,16-17H,8-9,11-13H2,1-7H3,(H,22,24)/t16-,17-,21-/m1/s1. The lowest BCUT2D eigenvalue weighted by molar-refractivity contribution is -0.161. The zero-order chi connectivity index (χ0) is 19.8. The molecule has 0 bridgehead atoms. The molecule has 0 unspecified atom stereocenters. The Kier molecular flexibility index (Phi) is 5.79. The second kappa shape index (κ2) is 7.24. The van der Waals surface area contributed by atoms with Gasteiger partial charge in [0, 0.05) is 13.5 Å². The molecular weight excluding hydrogens is 330 g/mol. The number of hydrogen-bond acceptors (Lipinski definition) is 4. The first kappa shape index (κ1) is 20.8. The Hall–Kier alpha value is -1.52. The van der Waals surface area contributed by atoms with Crippen molar-refractivity contribution in [1.29, 1.82) is 0 Å². The molecule has 148 valence electrons. The van der Waals surface area contributed by atoms with Crippen LogP contribution in [0.25, 0.3) is 0 Å². The van der Waals surface area contributed by atoms with Crippen LogP contribution in [-0.4, -0.2) is 29.8 Å². The first-order valence-corrected chi connectivity index (χ1v) is 9.72. The molecule has 2 aliphatic rings. The molecule has 0 heterocycles. The van der Waals surface area contributed by atoms with Crippen molar-refractivity contribution in [1.82, 2.24) is 5.32 Å². The Bertz CT molecular complexity index is 587. The van der Waals surface area contributed by atoms with Crippen molar-refractivity contribution >= 4 is 12.1 Å². The van der Waals surface area contributed by atoms with Crippen molar-refractivity contribution < 1.29 is 19.1 Å². The lowest BCUT2D eigenvalue weighted by Crippen LogP contribution is -2.55. The minimum atomic E-state index is -0.560. The summed E-state index contributed by atoms with van der Waals surface area (Å²) in [6.45, 7) is 13.7. The molecular formula is C21H35NO4. The van der Waals surface area contributed by atoms with E-state index in [1.165, 1.54) is 12.5 Å². The molecule has 1 saturated carbocycles. The number of carbonyl (C=O) groups is 2. The van der Waals surface area contributed by atoms with E-state index in [1.54, 1.807) is 0 Å². The molecule has 0 aliphatic heterocycles. The molecule has 3 atom stereocenters. The number of amides is 1. The number of esters is 1. The van der Waals surface area contributed by atoms with Crippen molar-refractivity contribution in [3.63, 3.8) is 0 Å². The summed E-state index contributed by atoms with van der Waals surface area (Å²) in [4.78, 5) is 23.6. The Balaban J connectivity index is 2.12. The molecule has 2 rings (SSSR count). The molecule has 0 saturated heterocycles. The van der Waals surface area contributed by atoms with Crippen LogP contribution in [0.4, 0.5) is 4.79 Å². The van der Waals surface area contributed by atoms with E-state index in [1.807, 2.05) is 34.6 Å². The number of fused-ring (bicyclic) bond motifs is 1. The molecule has 5 heteroatoms. The van der Waals surface area contributed by atoms with E-state index in [0.717, 1.165) is 25.7 Å². The van der Waals surface area contributed by atoms with Gasteiger partial charge in [0.05, 0.1) is 0 Å². The van der Waals surface area contributed by atoms with Gasteiger partial charge in [0.2, 0.25) is 0 Å². The fraction of sp³-hybridized carbons (Fsp3) is 0.810. The van der Waals surface area contributed by atoms with E-state index in [4.69, 9.17) is 9.47 Å². The van der Waals surface area contributed by atoms with Crippen molar-refractivity contribution in [3.05, 3.63) is 11.6 Å².